The second-order valence-corrected chi connectivity index (χ2v) is 3.21. The maximum Gasteiger partial charge on any atom is 0.321 e. The minimum atomic E-state index is -0.747. The number of nitrogens with one attached hydrogen (secondary N) is 1. The average Bonchev–Trinajstić information content (AvgIpc) is 2.16. The van der Waals surface area contributed by atoms with Crippen LogP contribution in [0.1, 0.15) is 19.3 Å². The van der Waals surface area contributed by atoms with Gasteiger partial charge < -0.3 is 14.9 Å². The molecule has 0 aromatic carbocycles. The van der Waals surface area contributed by atoms with E-state index in [4.69, 9.17) is 0 Å². The van der Waals surface area contributed by atoms with Gasteiger partial charge >= 0.3 is 5.97 Å². The third-order valence-corrected chi connectivity index (χ3v) is 2.20. The highest BCUT2D eigenvalue weighted by Gasteiger charge is 2.27. The maximum absolute atomic E-state index is 10.8. The first-order chi connectivity index (χ1) is 6.65. The first kappa shape index (κ1) is 11.4. The lowest BCUT2D eigenvalue weighted by Crippen LogP contribution is -2.55. The summed E-state index contributed by atoms with van der Waals surface area (Å²) >= 11 is 0. The van der Waals surface area contributed by atoms with Crippen molar-refractivity contribution in [2.75, 3.05) is 13.7 Å². The lowest BCUT2D eigenvalue weighted by Gasteiger charge is -2.36. The molecular formula is C8H16N2O4. The third-order valence-electron chi connectivity index (χ3n) is 2.20. The van der Waals surface area contributed by atoms with E-state index in [2.05, 4.69) is 10.2 Å². The van der Waals surface area contributed by atoms with Crippen LogP contribution in [0.15, 0.2) is 0 Å². The van der Waals surface area contributed by atoms with Crippen molar-refractivity contribution in [1.29, 1.82) is 0 Å². The van der Waals surface area contributed by atoms with Crippen molar-refractivity contribution in [3.8, 4) is 0 Å². The third kappa shape index (κ3) is 2.91. The van der Waals surface area contributed by atoms with Gasteiger partial charge in [0.1, 0.15) is 19.0 Å². The molecular weight excluding hydrogens is 188 g/mol. The summed E-state index contributed by atoms with van der Waals surface area (Å²) in [5.74, 6) is -0.435. The number of nitrogens with zero attached hydrogens (tertiary/aromatic N) is 1. The van der Waals surface area contributed by atoms with Gasteiger partial charge in [0.05, 0.1) is 7.11 Å². The number of piperidine rings is 1. The molecule has 1 rings (SSSR count). The van der Waals surface area contributed by atoms with Crippen molar-refractivity contribution in [2.45, 2.75) is 31.7 Å². The number of esters is 1. The van der Waals surface area contributed by atoms with E-state index < -0.39 is 18.4 Å². The number of carbonyl (C=O) groups excluding carboxylic acids is 1. The zero-order chi connectivity index (χ0) is 10.6. The molecule has 0 spiro atoms. The van der Waals surface area contributed by atoms with E-state index in [-0.39, 0.29) is 6.54 Å². The summed E-state index contributed by atoms with van der Waals surface area (Å²) in [7, 11) is 1.28. The highest BCUT2D eigenvalue weighted by atomic mass is 16.5. The fraction of sp³-hybridized carbons (Fsp3) is 0.875. The topological polar surface area (TPSA) is 82.0 Å². The van der Waals surface area contributed by atoms with Crippen LogP contribution >= 0.6 is 0 Å². The summed E-state index contributed by atoms with van der Waals surface area (Å²) in [6.45, 7) is -0.0510. The molecule has 0 aliphatic carbocycles. The van der Waals surface area contributed by atoms with Crippen LogP contribution in [-0.4, -0.2) is 47.3 Å². The Morgan fingerprint density at radius 1 is 1.50 bits per heavy atom. The van der Waals surface area contributed by atoms with E-state index in [9.17, 15) is 15.0 Å². The van der Waals surface area contributed by atoms with Crippen molar-refractivity contribution >= 4 is 5.97 Å². The van der Waals surface area contributed by atoms with Crippen LogP contribution in [0.5, 0.6) is 0 Å². The lowest BCUT2D eigenvalue weighted by molar-refractivity contribution is -0.165. The zero-order valence-electron chi connectivity index (χ0n) is 8.14. The fourth-order valence-corrected chi connectivity index (χ4v) is 1.40. The molecule has 0 aromatic heterocycles. The number of hydrazine groups is 1. The normalized spacial score (nSPS) is 28.8. The number of hydrogen-bond acceptors (Lipinski definition) is 6. The van der Waals surface area contributed by atoms with Crippen molar-refractivity contribution in [2.24, 2.45) is 0 Å². The summed E-state index contributed by atoms with van der Waals surface area (Å²) < 4.78 is 4.42. The van der Waals surface area contributed by atoms with E-state index in [1.807, 2.05) is 0 Å². The summed E-state index contributed by atoms with van der Waals surface area (Å²) in [5.41, 5.74) is 2.63. The monoisotopic (exact) mass is 204 g/mol. The Bertz CT molecular complexity index is 190. The predicted octanol–water partition coefficient (Wildman–Crippen LogP) is -1.21. The number of rotatable bonds is 3. The molecule has 1 fully saturated rings. The minimum absolute atomic E-state index is 0.0510. The van der Waals surface area contributed by atoms with Crippen LogP contribution in [0, 0.1) is 0 Å². The fourth-order valence-electron chi connectivity index (χ4n) is 1.40. The smallest absolute Gasteiger partial charge is 0.321 e. The van der Waals surface area contributed by atoms with Crippen LogP contribution in [0.3, 0.4) is 0 Å². The number of aliphatic hydroxyl groups is 2. The van der Waals surface area contributed by atoms with Crippen molar-refractivity contribution < 1.29 is 19.7 Å². The molecule has 0 saturated carbocycles. The number of methoxy groups -OCH3 is 1. The van der Waals surface area contributed by atoms with Crippen molar-refractivity contribution in [3.63, 3.8) is 0 Å². The largest absolute Gasteiger partial charge is 0.468 e. The van der Waals surface area contributed by atoms with E-state index >= 15 is 0 Å². The Labute approximate surface area is 82.4 Å². The summed E-state index contributed by atoms with van der Waals surface area (Å²) in [6.07, 6.45) is 0.460. The van der Waals surface area contributed by atoms with Gasteiger partial charge in [-0.15, -0.1) is 0 Å². The van der Waals surface area contributed by atoms with Gasteiger partial charge in [0.25, 0.3) is 0 Å². The van der Waals surface area contributed by atoms with Crippen molar-refractivity contribution in [1.82, 2.24) is 10.4 Å². The lowest BCUT2D eigenvalue weighted by atomic mass is 10.1. The van der Waals surface area contributed by atoms with Gasteiger partial charge in [-0.05, 0) is 19.3 Å². The molecule has 1 saturated heterocycles. The standard InChI is InChI=1S/C8H16N2O4/c1-14-8(13)5-9-10-6(11)3-2-4-7(10)12/h6-7,9,11-12H,2-5H2,1H3. The molecule has 1 aliphatic heterocycles. The number of hydrogen-bond donors (Lipinski definition) is 3. The molecule has 3 N–H and O–H groups in total. The molecule has 0 radical (unpaired) electrons. The minimum Gasteiger partial charge on any atom is -0.468 e. The van der Waals surface area contributed by atoms with E-state index in [0.29, 0.717) is 12.8 Å². The van der Waals surface area contributed by atoms with E-state index in [1.165, 1.54) is 12.1 Å². The summed E-state index contributed by atoms with van der Waals surface area (Å²) in [4.78, 5) is 10.8. The van der Waals surface area contributed by atoms with Crippen LogP contribution in [0.2, 0.25) is 0 Å². The number of aliphatic hydroxyl groups excluding tert-OH is 2. The van der Waals surface area contributed by atoms with Crippen LogP contribution < -0.4 is 5.43 Å². The van der Waals surface area contributed by atoms with Crippen molar-refractivity contribution in [3.05, 3.63) is 0 Å². The quantitative estimate of drug-likeness (QED) is 0.500. The molecule has 2 atom stereocenters. The molecule has 0 amide bonds. The van der Waals surface area contributed by atoms with Gasteiger partial charge in [0, 0.05) is 0 Å². The molecule has 6 nitrogen and oxygen atoms in total. The van der Waals surface area contributed by atoms with Crippen LogP contribution in [0.25, 0.3) is 0 Å². The Kier molecular flexibility index (Phi) is 4.27. The highest BCUT2D eigenvalue weighted by molar-refractivity contribution is 5.71. The summed E-state index contributed by atoms with van der Waals surface area (Å²) in [6, 6.07) is 0. The number of ether oxygens (including phenoxy) is 1. The highest BCUT2D eigenvalue weighted by Crippen LogP contribution is 2.17. The van der Waals surface area contributed by atoms with Gasteiger partial charge in [-0.2, -0.15) is 5.01 Å². The second-order valence-electron chi connectivity index (χ2n) is 3.21. The van der Waals surface area contributed by atoms with Gasteiger partial charge in [0.2, 0.25) is 0 Å². The predicted molar refractivity (Wildman–Crippen MR) is 47.7 cm³/mol. The van der Waals surface area contributed by atoms with Gasteiger partial charge in [0.15, 0.2) is 0 Å². The van der Waals surface area contributed by atoms with Crippen LogP contribution in [0.4, 0.5) is 0 Å². The molecule has 6 heteroatoms. The van der Waals surface area contributed by atoms with Gasteiger partial charge in [-0.1, -0.05) is 0 Å². The molecule has 1 aliphatic rings. The SMILES string of the molecule is COC(=O)CNN1C(O)CCCC1O. The molecule has 82 valence electrons. The van der Waals surface area contributed by atoms with Gasteiger partial charge in [-0.3, -0.25) is 4.79 Å². The zero-order valence-corrected chi connectivity index (χ0v) is 8.14. The van der Waals surface area contributed by atoms with Crippen LogP contribution in [-0.2, 0) is 9.53 Å². The van der Waals surface area contributed by atoms with Gasteiger partial charge in [-0.25, -0.2) is 5.43 Å². The molecule has 1 heterocycles. The Morgan fingerprint density at radius 2 is 2.07 bits per heavy atom. The molecule has 0 aromatic rings. The first-order valence-electron chi connectivity index (χ1n) is 4.60. The summed E-state index contributed by atoms with van der Waals surface area (Å²) in [5, 5.41) is 20.2. The second kappa shape index (κ2) is 5.26. The van der Waals surface area contributed by atoms with E-state index in [0.717, 1.165) is 6.42 Å². The van der Waals surface area contributed by atoms with E-state index in [1.54, 1.807) is 0 Å². The first-order valence-corrected chi connectivity index (χ1v) is 4.60. The average molecular weight is 204 g/mol. The number of carbonyl (C=O) groups is 1. The maximum atomic E-state index is 10.8. The molecule has 14 heavy (non-hydrogen) atoms. The Morgan fingerprint density at radius 3 is 2.57 bits per heavy atom. The Hall–Kier alpha value is -0.690. The molecule has 0 bridgehead atoms. The Balaban J connectivity index is 2.36. The molecule has 2 unspecified atom stereocenters.